The van der Waals surface area contributed by atoms with Gasteiger partial charge in [0.05, 0.1) is 6.42 Å². The third kappa shape index (κ3) is 3.77. The van der Waals surface area contributed by atoms with Crippen LogP contribution in [0.4, 0.5) is 4.39 Å². The number of amides is 2. The summed E-state index contributed by atoms with van der Waals surface area (Å²) in [5, 5.41) is 2.88. The highest BCUT2D eigenvalue weighted by Gasteiger charge is 2.23. The van der Waals surface area contributed by atoms with Crippen molar-refractivity contribution >= 4 is 11.8 Å². The number of halogens is 1. The molecule has 1 heterocycles. The second kappa shape index (κ2) is 5.82. The smallest absolute Gasteiger partial charge is 0.224 e. The Hall–Kier alpha value is -1.91. The zero-order valence-corrected chi connectivity index (χ0v) is 10.9. The lowest BCUT2D eigenvalue weighted by atomic mass is 10.0. The van der Waals surface area contributed by atoms with Gasteiger partial charge in [-0.15, -0.1) is 0 Å². The van der Waals surface area contributed by atoms with Crippen LogP contribution in [-0.4, -0.2) is 36.3 Å². The van der Waals surface area contributed by atoms with E-state index < -0.39 is 0 Å². The van der Waals surface area contributed by atoms with Gasteiger partial charge in [-0.3, -0.25) is 9.59 Å². The first-order valence-electron chi connectivity index (χ1n) is 6.32. The molecule has 1 atom stereocenters. The van der Waals surface area contributed by atoms with Gasteiger partial charge < -0.3 is 10.2 Å². The van der Waals surface area contributed by atoms with Crippen molar-refractivity contribution in [2.24, 2.45) is 0 Å². The molecule has 1 unspecified atom stereocenters. The highest BCUT2D eigenvalue weighted by Crippen LogP contribution is 2.10. The number of likely N-dealkylation sites (tertiary alicyclic amines) is 1. The molecule has 1 fully saturated rings. The van der Waals surface area contributed by atoms with Crippen molar-refractivity contribution in [2.75, 3.05) is 13.6 Å². The maximum absolute atomic E-state index is 13.0. The molecule has 0 saturated carbocycles. The van der Waals surface area contributed by atoms with Crippen molar-refractivity contribution in [2.45, 2.75) is 25.3 Å². The maximum atomic E-state index is 13.0. The lowest BCUT2D eigenvalue weighted by Crippen LogP contribution is -2.48. The van der Waals surface area contributed by atoms with E-state index >= 15 is 0 Å². The topological polar surface area (TPSA) is 49.4 Å². The third-order valence-corrected chi connectivity index (χ3v) is 3.25. The van der Waals surface area contributed by atoms with Gasteiger partial charge in [-0.2, -0.15) is 0 Å². The van der Waals surface area contributed by atoms with Gasteiger partial charge in [0.25, 0.3) is 0 Å². The van der Waals surface area contributed by atoms with Crippen molar-refractivity contribution in [1.29, 1.82) is 0 Å². The van der Waals surface area contributed by atoms with Crippen molar-refractivity contribution < 1.29 is 14.0 Å². The van der Waals surface area contributed by atoms with Gasteiger partial charge in [-0.05, 0) is 24.1 Å². The van der Waals surface area contributed by atoms with Crippen LogP contribution in [0.2, 0.25) is 0 Å². The van der Waals surface area contributed by atoms with Gasteiger partial charge in [-0.25, -0.2) is 4.39 Å². The van der Waals surface area contributed by atoms with Gasteiger partial charge in [0, 0.05) is 26.1 Å². The summed E-state index contributed by atoms with van der Waals surface area (Å²) in [7, 11) is 1.73. The van der Waals surface area contributed by atoms with Gasteiger partial charge >= 0.3 is 0 Å². The van der Waals surface area contributed by atoms with Crippen LogP contribution < -0.4 is 5.32 Å². The lowest BCUT2D eigenvalue weighted by molar-refractivity contribution is -0.133. The fraction of sp³-hybridized carbons (Fsp3) is 0.429. The molecular weight excluding hydrogens is 247 g/mol. The molecular formula is C14H17FN2O2. The van der Waals surface area contributed by atoms with E-state index in [-0.39, 0.29) is 30.1 Å². The second-order valence-corrected chi connectivity index (χ2v) is 4.88. The number of carbonyl (C=O) groups is 2. The molecule has 2 rings (SSSR count). The normalized spacial score (nSPS) is 19.4. The molecule has 0 aliphatic carbocycles. The number of hydrogen-bond acceptors (Lipinski definition) is 2. The Labute approximate surface area is 111 Å². The van der Waals surface area contributed by atoms with Gasteiger partial charge in [0.2, 0.25) is 11.8 Å². The Balaban J connectivity index is 1.86. The van der Waals surface area contributed by atoms with Crippen molar-refractivity contribution in [3.63, 3.8) is 0 Å². The Morgan fingerprint density at radius 2 is 2.32 bits per heavy atom. The summed E-state index contributed by atoms with van der Waals surface area (Å²) in [6.07, 6.45) is 1.28. The fourth-order valence-electron chi connectivity index (χ4n) is 2.24. The van der Waals surface area contributed by atoms with Crippen molar-refractivity contribution in [3.05, 3.63) is 35.6 Å². The van der Waals surface area contributed by atoms with Gasteiger partial charge in [0.1, 0.15) is 5.82 Å². The average molecular weight is 264 g/mol. The molecule has 1 aliphatic heterocycles. The van der Waals surface area contributed by atoms with E-state index in [1.165, 1.54) is 12.1 Å². The zero-order chi connectivity index (χ0) is 13.8. The molecule has 0 aromatic heterocycles. The fourth-order valence-corrected chi connectivity index (χ4v) is 2.24. The largest absolute Gasteiger partial charge is 0.351 e. The minimum Gasteiger partial charge on any atom is -0.351 e. The third-order valence-electron chi connectivity index (χ3n) is 3.25. The monoisotopic (exact) mass is 264 g/mol. The van der Waals surface area contributed by atoms with Gasteiger partial charge in [0.15, 0.2) is 0 Å². The molecule has 0 radical (unpaired) electrons. The van der Waals surface area contributed by atoms with Crippen LogP contribution in [0.3, 0.4) is 0 Å². The summed E-state index contributed by atoms with van der Waals surface area (Å²) in [6, 6.07) is 6.01. The molecule has 19 heavy (non-hydrogen) atoms. The molecule has 1 aliphatic rings. The number of likely N-dealkylation sites (N-methyl/N-ethyl adjacent to an activating group) is 1. The van der Waals surface area contributed by atoms with Crippen LogP contribution in [0.25, 0.3) is 0 Å². The number of piperidine rings is 1. The SMILES string of the molecule is CN1CC(NC(=O)Cc2cccc(F)c2)CCC1=O. The average Bonchev–Trinajstić information content (AvgIpc) is 2.34. The number of nitrogens with zero attached hydrogens (tertiary/aromatic N) is 1. The number of rotatable bonds is 3. The quantitative estimate of drug-likeness (QED) is 0.889. The maximum Gasteiger partial charge on any atom is 0.224 e. The van der Waals surface area contributed by atoms with E-state index in [2.05, 4.69) is 5.32 Å². The molecule has 5 heteroatoms. The number of hydrogen-bond donors (Lipinski definition) is 1. The van der Waals surface area contributed by atoms with E-state index in [9.17, 15) is 14.0 Å². The number of benzene rings is 1. The molecule has 0 spiro atoms. The molecule has 4 nitrogen and oxygen atoms in total. The zero-order valence-electron chi connectivity index (χ0n) is 10.9. The van der Waals surface area contributed by atoms with Crippen LogP contribution >= 0.6 is 0 Å². The Kier molecular flexibility index (Phi) is 4.14. The van der Waals surface area contributed by atoms with Crippen LogP contribution in [0.5, 0.6) is 0 Å². The van der Waals surface area contributed by atoms with Crippen LogP contribution in [0.1, 0.15) is 18.4 Å². The molecule has 102 valence electrons. The van der Waals surface area contributed by atoms with Crippen LogP contribution in [0, 0.1) is 5.82 Å². The summed E-state index contributed by atoms with van der Waals surface area (Å²) in [6.45, 7) is 0.535. The molecule has 1 N–H and O–H groups in total. The molecule has 0 bridgehead atoms. The van der Waals surface area contributed by atoms with Gasteiger partial charge in [-0.1, -0.05) is 12.1 Å². The van der Waals surface area contributed by atoms with E-state index in [1.54, 1.807) is 24.1 Å². The van der Waals surface area contributed by atoms with Crippen molar-refractivity contribution in [3.8, 4) is 0 Å². The highest BCUT2D eigenvalue weighted by atomic mass is 19.1. The first-order chi connectivity index (χ1) is 9.04. The van der Waals surface area contributed by atoms with Crippen LogP contribution in [-0.2, 0) is 16.0 Å². The first kappa shape index (κ1) is 13.5. The van der Waals surface area contributed by atoms with Crippen molar-refractivity contribution in [1.82, 2.24) is 10.2 Å². The van der Waals surface area contributed by atoms with E-state index in [1.807, 2.05) is 0 Å². The number of carbonyl (C=O) groups excluding carboxylic acids is 2. The Bertz CT molecular complexity index is 490. The Morgan fingerprint density at radius 3 is 3.00 bits per heavy atom. The summed E-state index contributed by atoms with van der Waals surface area (Å²) in [4.78, 5) is 24.8. The summed E-state index contributed by atoms with van der Waals surface area (Å²) in [5.41, 5.74) is 0.651. The highest BCUT2D eigenvalue weighted by molar-refractivity contribution is 5.80. The lowest BCUT2D eigenvalue weighted by Gasteiger charge is -2.30. The summed E-state index contributed by atoms with van der Waals surface area (Å²) < 4.78 is 13.0. The predicted octanol–water partition coefficient (Wildman–Crippen LogP) is 1.11. The number of nitrogens with one attached hydrogen (secondary N) is 1. The standard InChI is InChI=1S/C14H17FN2O2/c1-17-9-12(5-6-14(17)19)16-13(18)8-10-3-2-4-11(15)7-10/h2-4,7,12H,5-6,8-9H2,1H3,(H,16,18). The van der Waals surface area contributed by atoms with E-state index in [4.69, 9.17) is 0 Å². The van der Waals surface area contributed by atoms with Crippen LogP contribution in [0.15, 0.2) is 24.3 Å². The van der Waals surface area contributed by atoms with E-state index in [0.717, 1.165) is 0 Å². The summed E-state index contributed by atoms with van der Waals surface area (Å²) >= 11 is 0. The van der Waals surface area contributed by atoms with E-state index in [0.29, 0.717) is 24.9 Å². The Morgan fingerprint density at radius 1 is 1.53 bits per heavy atom. The molecule has 1 aromatic rings. The minimum absolute atomic E-state index is 0.0104. The first-order valence-corrected chi connectivity index (χ1v) is 6.32. The minimum atomic E-state index is -0.340. The molecule has 1 saturated heterocycles. The second-order valence-electron chi connectivity index (χ2n) is 4.88. The summed E-state index contributed by atoms with van der Waals surface area (Å²) in [5.74, 6) is -0.373. The molecule has 1 aromatic carbocycles. The predicted molar refractivity (Wildman–Crippen MR) is 68.9 cm³/mol. The molecule has 2 amide bonds.